The van der Waals surface area contributed by atoms with Crippen LogP contribution in [0.5, 0.6) is 0 Å². The average Bonchev–Trinajstić information content (AvgIpc) is 2.00. The molecule has 3 nitrogen and oxygen atoms in total. The molecule has 68 valence electrons. The molecule has 0 bridgehead atoms. The molecule has 0 aromatic rings. The van der Waals surface area contributed by atoms with Gasteiger partial charge in [-0.05, 0) is 12.5 Å². The lowest BCUT2D eigenvalue weighted by molar-refractivity contribution is -0.119. The summed E-state index contributed by atoms with van der Waals surface area (Å²) in [6.45, 7) is 3.50. The van der Waals surface area contributed by atoms with Gasteiger partial charge in [-0.3, -0.25) is 9.59 Å². The molecule has 0 fully saturated rings. The van der Waals surface area contributed by atoms with Crippen molar-refractivity contribution in [2.45, 2.75) is 32.7 Å². The highest BCUT2D eigenvalue weighted by Gasteiger charge is 2.02. The maximum atomic E-state index is 10.7. The number of aldehydes is 1. The van der Waals surface area contributed by atoms with Gasteiger partial charge in [0.15, 0.2) is 0 Å². The molecule has 0 aromatic heterocycles. The van der Waals surface area contributed by atoms with E-state index in [0.29, 0.717) is 6.29 Å². The zero-order valence-electron chi connectivity index (χ0n) is 7.54. The zero-order valence-corrected chi connectivity index (χ0v) is 7.54. The Bertz CT molecular complexity index is 175. The Morgan fingerprint density at radius 2 is 2.25 bits per heavy atom. The monoisotopic (exact) mass is 169 g/mol. The van der Waals surface area contributed by atoms with Gasteiger partial charge in [-0.1, -0.05) is 19.4 Å². The highest BCUT2D eigenvalue weighted by molar-refractivity contribution is 5.73. The summed E-state index contributed by atoms with van der Waals surface area (Å²) < 4.78 is 0. The number of rotatable bonds is 5. The molecule has 0 spiro atoms. The van der Waals surface area contributed by atoms with E-state index in [9.17, 15) is 9.59 Å². The molecule has 1 N–H and O–H groups in total. The molecule has 3 heteroatoms. The predicted molar refractivity (Wildman–Crippen MR) is 47.7 cm³/mol. The van der Waals surface area contributed by atoms with Gasteiger partial charge in [-0.15, -0.1) is 0 Å². The Morgan fingerprint density at radius 3 is 2.67 bits per heavy atom. The van der Waals surface area contributed by atoms with E-state index in [1.807, 2.05) is 6.92 Å². The van der Waals surface area contributed by atoms with Gasteiger partial charge < -0.3 is 5.32 Å². The largest absolute Gasteiger partial charge is 0.350 e. The number of amides is 1. The molecule has 0 aliphatic rings. The third-order valence-corrected chi connectivity index (χ3v) is 1.41. The van der Waals surface area contributed by atoms with Gasteiger partial charge in [0.1, 0.15) is 6.29 Å². The fourth-order valence-electron chi connectivity index (χ4n) is 0.968. The SMILES string of the molecule is CCCC(C=CC=O)NC(C)=O. The maximum Gasteiger partial charge on any atom is 0.217 e. The molecule has 0 saturated carbocycles. The van der Waals surface area contributed by atoms with Crippen LogP contribution < -0.4 is 5.32 Å². The molecule has 12 heavy (non-hydrogen) atoms. The minimum absolute atomic E-state index is 0.00213. The first-order chi connectivity index (χ1) is 5.70. The molecular formula is C9H15NO2. The number of hydrogen-bond donors (Lipinski definition) is 1. The maximum absolute atomic E-state index is 10.7. The number of hydrogen-bond acceptors (Lipinski definition) is 2. The van der Waals surface area contributed by atoms with E-state index in [0.717, 1.165) is 12.8 Å². The van der Waals surface area contributed by atoms with Crippen molar-refractivity contribution in [3.63, 3.8) is 0 Å². The Hall–Kier alpha value is -1.12. The average molecular weight is 169 g/mol. The summed E-state index contributed by atoms with van der Waals surface area (Å²) in [5.41, 5.74) is 0. The smallest absolute Gasteiger partial charge is 0.217 e. The topological polar surface area (TPSA) is 46.2 Å². The quantitative estimate of drug-likeness (QED) is 0.494. The lowest BCUT2D eigenvalue weighted by Gasteiger charge is -2.11. The molecule has 0 rings (SSSR count). The second-order valence-corrected chi connectivity index (χ2v) is 2.62. The predicted octanol–water partition coefficient (Wildman–Crippen LogP) is 1.05. The van der Waals surface area contributed by atoms with Gasteiger partial charge in [-0.2, -0.15) is 0 Å². The number of allylic oxidation sites excluding steroid dienone is 1. The van der Waals surface area contributed by atoms with E-state index >= 15 is 0 Å². The molecule has 1 atom stereocenters. The van der Waals surface area contributed by atoms with Crippen molar-refractivity contribution in [1.29, 1.82) is 0 Å². The van der Waals surface area contributed by atoms with Crippen LogP contribution in [0.25, 0.3) is 0 Å². The minimum atomic E-state index is -0.0657. The van der Waals surface area contributed by atoms with Gasteiger partial charge in [0, 0.05) is 13.0 Å². The van der Waals surface area contributed by atoms with Crippen molar-refractivity contribution < 1.29 is 9.59 Å². The van der Waals surface area contributed by atoms with Crippen LogP contribution in [0.4, 0.5) is 0 Å². The molecule has 0 aliphatic heterocycles. The minimum Gasteiger partial charge on any atom is -0.350 e. The third kappa shape index (κ3) is 5.65. The van der Waals surface area contributed by atoms with Crippen LogP contribution >= 0.6 is 0 Å². The second-order valence-electron chi connectivity index (χ2n) is 2.62. The summed E-state index contributed by atoms with van der Waals surface area (Å²) in [5, 5.41) is 2.73. The van der Waals surface area contributed by atoms with Crippen LogP contribution in [0.15, 0.2) is 12.2 Å². The Balaban J connectivity index is 3.93. The zero-order chi connectivity index (χ0) is 9.40. The van der Waals surface area contributed by atoms with Gasteiger partial charge in [0.25, 0.3) is 0 Å². The van der Waals surface area contributed by atoms with Crippen molar-refractivity contribution in [2.75, 3.05) is 0 Å². The Labute approximate surface area is 72.8 Å². The van der Waals surface area contributed by atoms with Gasteiger partial charge in [0.05, 0.1) is 0 Å². The van der Waals surface area contributed by atoms with E-state index in [1.165, 1.54) is 13.0 Å². The first-order valence-electron chi connectivity index (χ1n) is 4.09. The molecule has 0 saturated heterocycles. The second kappa shape index (κ2) is 6.58. The summed E-state index contributed by atoms with van der Waals surface area (Å²) in [6.07, 6.45) is 5.68. The third-order valence-electron chi connectivity index (χ3n) is 1.41. The first kappa shape index (κ1) is 10.9. The van der Waals surface area contributed by atoms with Crippen LogP contribution in [-0.4, -0.2) is 18.2 Å². The summed E-state index contributed by atoms with van der Waals surface area (Å²) >= 11 is 0. The molecule has 0 aliphatic carbocycles. The van der Waals surface area contributed by atoms with E-state index in [4.69, 9.17) is 0 Å². The lowest BCUT2D eigenvalue weighted by atomic mass is 10.1. The highest BCUT2D eigenvalue weighted by atomic mass is 16.1. The fraction of sp³-hybridized carbons (Fsp3) is 0.556. The Kier molecular flexibility index (Phi) is 5.97. The van der Waals surface area contributed by atoms with E-state index in [1.54, 1.807) is 6.08 Å². The van der Waals surface area contributed by atoms with Crippen molar-refractivity contribution in [2.24, 2.45) is 0 Å². The number of carbonyl (C=O) groups excluding carboxylic acids is 2. The van der Waals surface area contributed by atoms with Crippen molar-refractivity contribution in [3.8, 4) is 0 Å². The molecule has 0 radical (unpaired) electrons. The van der Waals surface area contributed by atoms with Gasteiger partial charge >= 0.3 is 0 Å². The van der Waals surface area contributed by atoms with Gasteiger partial charge in [0.2, 0.25) is 5.91 Å². The molecule has 1 unspecified atom stereocenters. The highest BCUT2D eigenvalue weighted by Crippen LogP contribution is 1.97. The van der Waals surface area contributed by atoms with Crippen LogP contribution in [0, 0.1) is 0 Å². The number of carbonyl (C=O) groups is 2. The van der Waals surface area contributed by atoms with Crippen molar-refractivity contribution in [1.82, 2.24) is 5.32 Å². The van der Waals surface area contributed by atoms with Crippen LogP contribution in [0.1, 0.15) is 26.7 Å². The lowest BCUT2D eigenvalue weighted by Crippen LogP contribution is -2.31. The molecular weight excluding hydrogens is 154 g/mol. The van der Waals surface area contributed by atoms with E-state index < -0.39 is 0 Å². The molecule has 0 aromatic carbocycles. The molecule has 1 amide bonds. The molecule has 0 heterocycles. The van der Waals surface area contributed by atoms with Crippen LogP contribution in [-0.2, 0) is 9.59 Å². The Morgan fingerprint density at radius 1 is 1.58 bits per heavy atom. The van der Waals surface area contributed by atoms with E-state index in [-0.39, 0.29) is 11.9 Å². The van der Waals surface area contributed by atoms with Crippen molar-refractivity contribution in [3.05, 3.63) is 12.2 Å². The summed E-state index contributed by atoms with van der Waals surface area (Å²) in [6, 6.07) is -0.00213. The number of nitrogens with one attached hydrogen (secondary N) is 1. The summed E-state index contributed by atoms with van der Waals surface area (Å²) in [4.78, 5) is 20.7. The first-order valence-corrected chi connectivity index (χ1v) is 4.09. The summed E-state index contributed by atoms with van der Waals surface area (Å²) in [7, 11) is 0. The van der Waals surface area contributed by atoms with Gasteiger partial charge in [-0.25, -0.2) is 0 Å². The van der Waals surface area contributed by atoms with Crippen LogP contribution in [0.2, 0.25) is 0 Å². The van der Waals surface area contributed by atoms with Crippen LogP contribution in [0.3, 0.4) is 0 Å². The normalized spacial score (nSPS) is 12.8. The van der Waals surface area contributed by atoms with Crippen molar-refractivity contribution >= 4 is 12.2 Å². The fourth-order valence-corrected chi connectivity index (χ4v) is 0.968. The summed E-state index contributed by atoms with van der Waals surface area (Å²) in [5.74, 6) is -0.0657. The standard InChI is InChI=1S/C9H15NO2/c1-3-5-9(6-4-7-11)10-8(2)12/h4,6-7,9H,3,5H2,1-2H3,(H,10,12). The van der Waals surface area contributed by atoms with E-state index in [2.05, 4.69) is 5.32 Å².